The van der Waals surface area contributed by atoms with Crippen molar-refractivity contribution in [3.05, 3.63) is 34.9 Å². The van der Waals surface area contributed by atoms with Crippen LogP contribution in [0.4, 0.5) is 0 Å². The molecule has 1 aliphatic heterocycles. The highest BCUT2D eigenvalue weighted by molar-refractivity contribution is 5.94. The lowest BCUT2D eigenvalue weighted by Crippen LogP contribution is -2.37. The van der Waals surface area contributed by atoms with Crippen LogP contribution in [0.25, 0.3) is 0 Å². The minimum absolute atomic E-state index is 0.00644. The summed E-state index contributed by atoms with van der Waals surface area (Å²) in [5.74, 6) is -0.437. The molecular formula is C19H26N2O4. The predicted octanol–water partition coefficient (Wildman–Crippen LogP) is 1.93. The summed E-state index contributed by atoms with van der Waals surface area (Å²) in [4.78, 5) is 39.6. The maximum atomic E-state index is 12.7. The molecular weight excluding hydrogens is 320 g/mol. The second-order valence-corrected chi connectivity index (χ2v) is 6.40. The van der Waals surface area contributed by atoms with E-state index in [1.165, 1.54) is 7.11 Å². The van der Waals surface area contributed by atoms with Crippen LogP contribution in [-0.4, -0.2) is 60.9 Å². The van der Waals surface area contributed by atoms with Gasteiger partial charge in [-0.15, -0.1) is 0 Å². The molecule has 136 valence electrons. The normalized spacial score (nSPS) is 14.8. The lowest BCUT2D eigenvalue weighted by atomic mass is 10.1. The molecule has 0 aromatic heterocycles. The van der Waals surface area contributed by atoms with Crippen molar-refractivity contribution in [1.29, 1.82) is 0 Å². The zero-order valence-electron chi connectivity index (χ0n) is 15.2. The SMILES string of the molecule is COC(=O)CCC(=O)N1CCCN(C(=O)c2ccc(C)c(C)c2)CC1. The molecule has 0 N–H and O–H groups in total. The lowest BCUT2D eigenvalue weighted by Gasteiger charge is -2.22. The van der Waals surface area contributed by atoms with Crippen LogP contribution in [0.3, 0.4) is 0 Å². The molecule has 2 amide bonds. The fraction of sp³-hybridized carbons (Fsp3) is 0.526. The Morgan fingerprint density at radius 3 is 2.32 bits per heavy atom. The van der Waals surface area contributed by atoms with E-state index in [0.717, 1.165) is 17.5 Å². The Morgan fingerprint density at radius 1 is 0.960 bits per heavy atom. The second kappa shape index (κ2) is 8.65. The summed E-state index contributed by atoms with van der Waals surface area (Å²) in [6.07, 6.45) is 0.982. The first-order chi connectivity index (χ1) is 11.9. The van der Waals surface area contributed by atoms with E-state index in [1.807, 2.05) is 32.0 Å². The quantitative estimate of drug-likeness (QED) is 0.782. The molecule has 25 heavy (non-hydrogen) atoms. The molecule has 1 aliphatic rings. The average molecular weight is 346 g/mol. The van der Waals surface area contributed by atoms with Gasteiger partial charge < -0.3 is 14.5 Å². The van der Waals surface area contributed by atoms with Gasteiger partial charge in [-0.25, -0.2) is 0 Å². The van der Waals surface area contributed by atoms with Crippen LogP contribution < -0.4 is 0 Å². The number of hydrogen-bond acceptors (Lipinski definition) is 4. The first kappa shape index (κ1) is 19.0. The Labute approximate surface area is 148 Å². The van der Waals surface area contributed by atoms with E-state index in [-0.39, 0.29) is 30.6 Å². The number of amides is 2. The number of methoxy groups -OCH3 is 1. The molecule has 1 aromatic carbocycles. The molecule has 2 rings (SSSR count). The molecule has 1 aromatic rings. The zero-order chi connectivity index (χ0) is 18.4. The predicted molar refractivity (Wildman–Crippen MR) is 94.3 cm³/mol. The third-order valence-electron chi connectivity index (χ3n) is 4.66. The van der Waals surface area contributed by atoms with Crippen molar-refractivity contribution in [2.24, 2.45) is 0 Å². The summed E-state index contributed by atoms with van der Waals surface area (Å²) < 4.78 is 4.57. The number of benzene rings is 1. The van der Waals surface area contributed by atoms with Gasteiger partial charge in [-0.3, -0.25) is 14.4 Å². The van der Waals surface area contributed by atoms with Gasteiger partial charge in [-0.2, -0.15) is 0 Å². The van der Waals surface area contributed by atoms with Crippen LogP contribution in [0.2, 0.25) is 0 Å². The third-order valence-corrected chi connectivity index (χ3v) is 4.66. The van der Waals surface area contributed by atoms with E-state index in [4.69, 9.17) is 0 Å². The van der Waals surface area contributed by atoms with Gasteiger partial charge in [0.1, 0.15) is 0 Å². The Kier molecular flexibility index (Phi) is 6.56. The van der Waals surface area contributed by atoms with Crippen LogP contribution in [0, 0.1) is 13.8 Å². The number of hydrogen-bond donors (Lipinski definition) is 0. The van der Waals surface area contributed by atoms with Crippen LogP contribution in [0.5, 0.6) is 0 Å². The number of ether oxygens (including phenoxy) is 1. The Balaban J connectivity index is 1.94. The van der Waals surface area contributed by atoms with Crippen molar-refractivity contribution in [2.45, 2.75) is 33.1 Å². The fourth-order valence-corrected chi connectivity index (χ4v) is 2.90. The highest BCUT2D eigenvalue weighted by Crippen LogP contribution is 2.14. The fourth-order valence-electron chi connectivity index (χ4n) is 2.90. The zero-order valence-corrected chi connectivity index (χ0v) is 15.2. The van der Waals surface area contributed by atoms with Crippen LogP contribution in [0.15, 0.2) is 18.2 Å². The highest BCUT2D eigenvalue weighted by Gasteiger charge is 2.23. The minimum Gasteiger partial charge on any atom is -0.469 e. The van der Waals surface area contributed by atoms with Gasteiger partial charge in [0.25, 0.3) is 5.91 Å². The monoisotopic (exact) mass is 346 g/mol. The van der Waals surface area contributed by atoms with E-state index in [2.05, 4.69) is 4.74 Å². The largest absolute Gasteiger partial charge is 0.469 e. The summed E-state index contributed by atoms with van der Waals surface area (Å²) in [6, 6.07) is 5.74. The second-order valence-electron chi connectivity index (χ2n) is 6.40. The molecule has 1 saturated heterocycles. The summed E-state index contributed by atoms with van der Waals surface area (Å²) in [7, 11) is 1.31. The number of carbonyl (C=O) groups excluding carboxylic acids is 3. The lowest BCUT2D eigenvalue weighted by molar-refractivity contribution is -0.143. The van der Waals surface area contributed by atoms with Crippen molar-refractivity contribution in [2.75, 3.05) is 33.3 Å². The first-order valence-electron chi connectivity index (χ1n) is 8.63. The number of nitrogens with zero attached hydrogens (tertiary/aromatic N) is 2. The summed E-state index contributed by atoms with van der Waals surface area (Å²) in [6.45, 7) is 6.26. The van der Waals surface area contributed by atoms with Crippen molar-refractivity contribution >= 4 is 17.8 Å². The summed E-state index contributed by atoms with van der Waals surface area (Å²) >= 11 is 0. The van der Waals surface area contributed by atoms with Gasteiger partial charge in [0, 0.05) is 38.2 Å². The van der Waals surface area contributed by atoms with Gasteiger partial charge in [-0.05, 0) is 43.5 Å². The smallest absolute Gasteiger partial charge is 0.306 e. The highest BCUT2D eigenvalue weighted by atomic mass is 16.5. The number of esters is 1. The molecule has 0 aliphatic carbocycles. The molecule has 1 fully saturated rings. The maximum Gasteiger partial charge on any atom is 0.306 e. The van der Waals surface area contributed by atoms with Crippen molar-refractivity contribution in [1.82, 2.24) is 9.80 Å². The molecule has 1 heterocycles. The molecule has 6 nitrogen and oxygen atoms in total. The molecule has 0 radical (unpaired) electrons. The van der Waals surface area contributed by atoms with E-state index in [9.17, 15) is 14.4 Å². The van der Waals surface area contributed by atoms with Gasteiger partial charge >= 0.3 is 5.97 Å². The molecule has 0 bridgehead atoms. The maximum absolute atomic E-state index is 12.7. The standard InChI is InChI=1S/C19H26N2O4/c1-14-5-6-16(13-15(14)2)19(24)21-10-4-9-20(11-12-21)17(22)7-8-18(23)25-3/h5-6,13H,4,7-12H2,1-3H3. The number of carbonyl (C=O) groups is 3. The van der Waals surface area contributed by atoms with E-state index < -0.39 is 0 Å². The molecule has 6 heteroatoms. The van der Waals surface area contributed by atoms with Gasteiger partial charge in [0.2, 0.25) is 5.91 Å². The third kappa shape index (κ3) is 5.05. The van der Waals surface area contributed by atoms with E-state index >= 15 is 0 Å². The average Bonchev–Trinajstić information content (AvgIpc) is 2.87. The van der Waals surface area contributed by atoms with Crippen molar-refractivity contribution in [3.63, 3.8) is 0 Å². The number of rotatable bonds is 4. The minimum atomic E-state index is -0.380. The Bertz CT molecular complexity index is 657. The molecule has 0 atom stereocenters. The molecule has 0 unspecified atom stereocenters. The van der Waals surface area contributed by atoms with E-state index in [0.29, 0.717) is 31.7 Å². The van der Waals surface area contributed by atoms with Crippen LogP contribution in [0.1, 0.15) is 40.7 Å². The van der Waals surface area contributed by atoms with Gasteiger partial charge in [-0.1, -0.05) is 6.07 Å². The molecule has 0 saturated carbocycles. The van der Waals surface area contributed by atoms with Crippen LogP contribution >= 0.6 is 0 Å². The number of aryl methyl sites for hydroxylation is 2. The Morgan fingerprint density at radius 2 is 1.64 bits per heavy atom. The van der Waals surface area contributed by atoms with E-state index in [1.54, 1.807) is 9.80 Å². The van der Waals surface area contributed by atoms with Crippen molar-refractivity contribution < 1.29 is 19.1 Å². The summed E-state index contributed by atoms with van der Waals surface area (Å²) in [5.41, 5.74) is 2.95. The molecule has 0 spiro atoms. The summed E-state index contributed by atoms with van der Waals surface area (Å²) in [5, 5.41) is 0. The van der Waals surface area contributed by atoms with Gasteiger partial charge in [0.05, 0.1) is 13.5 Å². The first-order valence-corrected chi connectivity index (χ1v) is 8.63. The van der Waals surface area contributed by atoms with Gasteiger partial charge in [0.15, 0.2) is 0 Å². The van der Waals surface area contributed by atoms with Crippen LogP contribution in [-0.2, 0) is 14.3 Å². The topological polar surface area (TPSA) is 66.9 Å². The Hall–Kier alpha value is -2.37. The van der Waals surface area contributed by atoms with Crippen molar-refractivity contribution in [3.8, 4) is 0 Å².